The molecule has 0 saturated heterocycles. The van der Waals surface area contributed by atoms with Crippen LogP contribution in [0.25, 0.3) is 0 Å². The van der Waals surface area contributed by atoms with E-state index in [0.29, 0.717) is 24.1 Å². The lowest BCUT2D eigenvalue weighted by Gasteiger charge is -2.36. The third-order valence-corrected chi connectivity index (χ3v) is 6.35. The Hall–Kier alpha value is -3.08. The number of pyridine rings is 1. The molecule has 1 aliphatic carbocycles. The third-order valence-electron chi connectivity index (χ3n) is 6.35. The van der Waals surface area contributed by atoms with Crippen LogP contribution >= 0.6 is 0 Å². The Morgan fingerprint density at radius 1 is 1.13 bits per heavy atom. The van der Waals surface area contributed by atoms with Crippen LogP contribution in [0.15, 0.2) is 71.1 Å². The van der Waals surface area contributed by atoms with Gasteiger partial charge in [0.25, 0.3) is 0 Å². The van der Waals surface area contributed by atoms with Crippen molar-refractivity contribution in [2.75, 3.05) is 0 Å². The molecule has 0 N–H and O–H groups in total. The van der Waals surface area contributed by atoms with E-state index in [1.165, 1.54) is 0 Å². The Balaban J connectivity index is 1.76. The summed E-state index contributed by atoms with van der Waals surface area (Å²) in [5.41, 5.74) is 4.14. The van der Waals surface area contributed by atoms with Gasteiger partial charge in [0.2, 0.25) is 0 Å². The molecule has 31 heavy (non-hydrogen) atoms. The summed E-state index contributed by atoms with van der Waals surface area (Å²) >= 11 is 0. The average Bonchev–Trinajstić information content (AvgIpc) is 2.79. The number of nitrogens with zero attached hydrogens (tertiary/aromatic N) is 2. The van der Waals surface area contributed by atoms with Crippen molar-refractivity contribution in [2.45, 2.75) is 58.0 Å². The monoisotopic (exact) mass is 416 g/mol. The average molecular weight is 417 g/mol. The van der Waals surface area contributed by atoms with Gasteiger partial charge in [0, 0.05) is 41.7 Å². The number of allylic oxidation sites excluding steroid dienone is 2. The lowest BCUT2D eigenvalue weighted by Crippen LogP contribution is -2.39. The number of carbonyl (C=O) groups is 2. The molecule has 1 aliphatic heterocycles. The van der Waals surface area contributed by atoms with Crippen LogP contribution in [0.5, 0.6) is 0 Å². The van der Waals surface area contributed by atoms with Gasteiger partial charge in [-0.3, -0.25) is 19.6 Å². The minimum Gasteiger partial charge on any atom is -0.462 e. The van der Waals surface area contributed by atoms with Crippen LogP contribution in [-0.2, 0) is 14.3 Å². The van der Waals surface area contributed by atoms with Gasteiger partial charge in [-0.05, 0) is 49.8 Å². The van der Waals surface area contributed by atoms with E-state index in [4.69, 9.17) is 9.73 Å². The van der Waals surface area contributed by atoms with Crippen LogP contribution in [-0.4, -0.2) is 28.6 Å². The number of Topliss-reactive ketones (excluding diaryl/α,β-unsaturated/α-hetero) is 1. The fraction of sp³-hybridized carbons (Fsp3) is 0.385. The molecule has 0 saturated carbocycles. The largest absolute Gasteiger partial charge is 0.462 e. The number of hydrogen-bond acceptors (Lipinski definition) is 5. The summed E-state index contributed by atoms with van der Waals surface area (Å²) < 4.78 is 5.69. The Morgan fingerprint density at radius 2 is 1.87 bits per heavy atom. The highest BCUT2D eigenvalue weighted by molar-refractivity contribution is 6.09. The quantitative estimate of drug-likeness (QED) is 0.644. The van der Waals surface area contributed by atoms with Crippen LogP contribution in [0.4, 0.5) is 0 Å². The Kier molecular flexibility index (Phi) is 6.12. The van der Waals surface area contributed by atoms with E-state index in [9.17, 15) is 9.59 Å². The van der Waals surface area contributed by atoms with Crippen molar-refractivity contribution >= 4 is 17.5 Å². The summed E-state index contributed by atoms with van der Waals surface area (Å²) in [7, 11) is 0. The van der Waals surface area contributed by atoms with Crippen molar-refractivity contribution in [3.8, 4) is 0 Å². The van der Waals surface area contributed by atoms with Crippen LogP contribution in [0, 0.1) is 5.92 Å². The predicted molar refractivity (Wildman–Crippen MR) is 120 cm³/mol. The zero-order chi connectivity index (χ0) is 22.0. The molecule has 2 aromatic rings. The van der Waals surface area contributed by atoms with Gasteiger partial charge in [-0.1, -0.05) is 43.3 Å². The van der Waals surface area contributed by atoms with Gasteiger partial charge in [-0.2, -0.15) is 0 Å². The second kappa shape index (κ2) is 8.96. The first-order valence-corrected chi connectivity index (χ1v) is 11.0. The predicted octanol–water partition coefficient (Wildman–Crippen LogP) is 5.00. The van der Waals surface area contributed by atoms with Crippen molar-refractivity contribution in [3.63, 3.8) is 0 Å². The van der Waals surface area contributed by atoms with Crippen molar-refractivity contribution in [3.05, 3.63) is 77.3 Å². The van der Waals surface area contributed by atoms with E-state index in [1.807, 2.05) is 51.1 Å². The van der Waals surface area contributed by atoms with Gasteiger partial charge >= 0.3 is 5.97 Å². The Labute approximate surface area is 183 Å². The molecule has 4 atom stereocenters. The SMILES string of the molecule is CCC(C)OC(=O)C1C(C)=NC2=C(C(=O)CC(c3ccccc3)C2)C1c1cccnc1. The fourth-order valence-corrected chi connectivity index (χ4v) is 4.60. The zero-order valence-corrected chi connectivity index (χ0v) is 18.2. The smallest absolute Gasteiger partial charge is 0.315 e. The minimum atomic E-state index is -0.617. The number of hydrogen-bond donors (Lipinski definition) is 0. The van der Waals surface area contributed by atoms with E-state index in [-0.39, 0.29) is 23.8 Å². The molecule has 2 aliphatic rings. The summed E-state index contributed by atoms with van der Waals surface area (Å²) in [6.45, 7) is 5.73. The minimum absolute atomic E-state index is 0.0570. The molecule has 2 heterocycles. The highest BCUT2D eigenvalue weighted by Gasteiger charge is 2.45. The van der Waals surface area contributed by atoms with Gasteiger partial charge in [-0.25, -0.2) is 0 Å². The second-order valence-electron chi connectivity index (χ2n) is 8.45. The molecule has 0 spiro atoms. The van der Waals surface area contributed by atoms with Crippen molar-refractivity contribution in [2.24, 2.45) is 10.9 Å². The first-order chi connectivity index (χ1) is 15.0. The molecular formula is C26H28N2O3. The number of ether oxygens (including phenoxy) is 1. The summed E-state index contributed by atoms with van der Waals surface area (Å²) in [6.07, 6.45) is 5.09. The molecule has 4 rings (SSSR count). The molecule has 0 fully saturated rings. The van der Waals surface area contributed by atoms with Crippen molar-refractivity contribution in [1.29, 1.82) is 0 Å². The summed E-state index contributed by atoms with van der Waals surface area (Å²) in [6, 6.07) is 13.9. The molecule has 0 bridgehead atoms. The van der Waals surface area contributed by atoms with E-state index >= 15 is 0 Å². The molecule has 5 nitrogen and oxygen atoms in total. The fourth-order valence-electron chi connectivity index (χ4n) is 4.60. The topological polar surface area (TPSA) is 68.6 Å². The molecule has 5 heteroatoms. The maximum atomic E-state index is 13.4. The molecule has 1 aromatic heterocycles. The van der Waals surface area contributed by atoms with Crippen LogP contribution in [0.1, 0.15) is 63.0 Å². The molecule has 0 radical (unpaired) electrons. The van der Waals surface area contributed by atoms with E-state index in [1.54, 1.807) is 12.4 Å². The standard InChI is InChI=1S/C26H28N2O3/c1-4-16(2)31-26(30)23-17(3)28-21-13-20(18-9-6-5-7-10-18)14-22(29)25(21)24(23)19-11-8-12-27-15-19/h5-12,15-16,20,23-24H,4,13-14H2,1-3H3. The molecule has 160 valence electrons. The van der Waals surface area contributed by atoms with Gasteiger partial charge < -0.3 is 4.74 Å². The maximum absolute atomic E-state index is 13.4. The van der Waals surface area contributed by atoms with Gasteiger partial charge in [0.1, 0.15) is 5.92 Å². The van der Waals surface area contributed by atoms with Crippen molar-refractivity contribution in [1.82, 2.24) is 4.98 Å². The summed E-state index contributed by atoms with van der Waals surface area (Å²) in [4.78, 5) is 35.7. The Morgan fingerprint density at radius 3 is 2.55 bits per heavy atom. The number of ketones is 1. The first-order valence-electron chi connectivity index (χ1n) is 11.0. The van der Waals surface area contributed by atoms with Crippen molar-refractivity contribution < 1.29 is 14.3 Å². The second-order valence-corrected chi connectivity index (χ2v) is 8.45. The Bertz CT molecular complexity index is 1030. The van der Waals surface area contributed by atoms with E-state index in [0.717, 1.165) is 23.2 Å². The molecule has 0 amide bonds. The van der Waals surface area contributed by atoms with Gasteiger partial charge in [0.15, 0.2) is 5.78 Å². The maximum Gasteiger partial charge on any atom is 0.315 e. The van der Waals surface area contributed by atoms with Crippen LogP contribution in [0.2, 0.25) is 0 Å². The van der Waals surface area contributed by atoms with Gasteiger partial charge in [0.05, 0.1) is 6.10 Å². The molecular weight excluding hydrogens is 388 g/mol. The number of esters is 1. The van der Waals surface area contributed by atoms with E-state index < -0.39 is 11.8 Å². The zero-order valence-electron chi connectivity index (χ0n) is 18.2. The van der Waals surface area contributed by atoms with Gasteiger partial charge in [-0.15, -0.1) is 0 Å². The summed E-state index contributed by atoms with van der Waals surface area (Å²) in [5.74, 6) is -1.20. The number of rotatable bonds is 5. The number of carbonyl (C=O) groups excluding carboxylic acids is 2. The summed E-state index contributed by atoms with van der Waals surface area (Å²) in [5, 5.41) is 0. The van der Waals surface area contributed by atoms with E-state index in [2.05, 4.69) is 17.1 Å². The van der Waals surface area contributed by atoms with Crippen LogP contribution in [0.3, 0.4) is 0 Å². The number of benzene rings is 1. The van der Waals surface area contributed by atoms with Crippen LogP contribution < -0.4 is 0 Å². The highest BCUT2D eigenvalue weighted by Crippen LogP contribution is 2.46. The number of aliphatic imine (C=N–C) groups is 1. The number of aromatic nitrogens is 1. The third kappa shape index (κ3) is 4.22. The lowest BCUT2D eigenvalue weighted by molar-refractivity contribution is -0.151. The highest BCUT2D eigenvalue weighted by atomic mass is 16.5. The molecule has 1 aromatic carbocycles. The first kappa shape index (κ1) is 21.2. The molecule has 4 unspecified atom stereocenters. The normalized spacial score (nSPS) is 24.3. The lowest BCUT2D eigenvalue weighted by atomic mass is 9.69.